The molecule has 2 aromatic carbocycles. The molecular formula is C17H14BrClN2O3S. The summed E-state index contributed by atoms with van der Waals surface area (Å²) in [6.45, 7) is 2.34. The van der Waals surface area contributed by atoms with Crippen LogP contribution in [0, 0.1) is 0 Å². The molecule has 3 aromatic rings. The largest absolute Gasteiger partial charge is 0.492 e. The summed E-state index contributed by atoms with van der Waals surface area (Å²) in [5.74, 6) is 0.958. The summed E-state index contributed by atoms with van der Waals surface area (Å²) in [5, 5.41) is 3.84. The van der Waals surface area contributed by atoms with Crippen molar-refractivity contribution >= 4 is 60.1 Å². The lowest BCUT2D eigenvalue weighted by molar-refractivity contribution is -0.118. The van der Waals surface area contributed by atoms with Crippen molar-refractivity contribution in [1.29, 1.82) is 0 Å². The number of ether oxygens (including phenoxy) is 2. The number of benzene rings is 2. The Kier molecular flexibility index (Phi) is 5.78. The first-order valence-electron chi connectivity index (χ1n) is 7.47. The van der Waals surface area contributed by atoms with Crippen molar-refractivity contribution in [3.63, 3.8) is 0 Å². The molecule has 0 saturated carbocycles. The van der Waals surface area contributed by atoms with E-state index in [1.54, 1.807) is 18.2 Å². The maximum absolute atomic E-state index is 12.1. The van der Waals surface area contributed by atoms with Crippen molar-refractivity contribution in [2.45, 2.75) is 6.92 Å². The van der Waals surface area contributed by atoms with E-state index >= 15 is 0 Å². The van der Waals surface area contributed by atoms with Crippen molar-refractivity contribution in [2.24, 2.45) is 0 Å². The lowest BCUT2D eigenvalue weighted by Crippen LogP contribution is -2.20. The van der Waals surface area contributed by atoms with Gasteiger partial charge in [-0.15, -0.1) is 0 Å². The van der Waals surface area contributed by atoms with Crippen molar-refractivity contribution in [1.82, 2.24) is 4.98 Å². The van der Waals surface area contributed by atoms with Crippen LogP contribution < -0.4 is 14.8 Å². The third-order valence-electron chi connectivity index (χ3n) is 3.18. The number of carbonyl (C=O) groups is 1. The number of nitrogens with zero attached hydrogens (tertiary/aromatic N) is 1. The second kappa shape index (κ2) is 8.03. The molecule has 8 heteroatoms. The van der Waals surface area contributed by atoms with Crippen LogP contribution in [0.2, 0.25) is 5.02 Å². The Morgan fingerprint density at radius 3 is 2.88 bits per heavy atom. The minimum atomic E-state index is -0.293. The highest BCUT2D eigenvalue weighted by Crippen LogP contribution is 2.32. The van der Waals surface area contributed by atoms with Gasteiger partial charge in [-0.2, -0.15) is 0 Å². The van der Waals surface area contributed by atoms with Gasteiger partial charge in [0.15, 0.2) is 11.7 Å². The van der Waals surface area contributed by atoms with Gasteiger partial charge in [0.2, 0.25) is 0 Å². The van der Waals surface area contributed by atoms with E-state index in [0.29, 0.717) is 32.7 Å². The number of halogens is 2. The van der Waals surface area contributed by atoms with E-state index in [2.05, 4.69) is 26.2 Å². The summed E-state index contributed by atoms with van der Waals surface area (Å²) >= 11 is 10.6. The molecular weight excluding hydrogens is 428 g/mol. The van der Waals surface area contributed by atoms with Crippen LogP contribution >= 0.6 is 38.9 Å². The molecule has 0 aliphatic heterocycles. The fourth-order valence-corrected chi connectivity index (χ4v) is 3.84. The van der Waals surface area contributed by atoms with Crippen molar-refractivity contribution < 1.29 is 14.3 Å². The highest BCUT2D eigenvalue weighted by Gasteiger charge is 2.12. The van der Waals surface area contributed by atoms with Crippen molar-refractivity contribution in [3.8, 4) is 11.5 Å². The number of fused-ring (bicyclic) bond motifs is 1. The molecule has 0 aliphatic rings. The van der Waals surface area contributed by atoms with Crippen LogP contribution in [0.5, 0.6) is 11.5 Å². The van der Waals surface area contributed by atoms with Gasteiger partial charge < -0.3 is 9.47 Å². The van der Waals surface area contributed by atoms with Crippen LogP contribution in [-0.4, -0.2) is 24.1 Å². The quantitative estimate of drug-likeness (QED) is 0.576. The van der Waals surface area contributed by atoms with Gasteiger partial charge >= 0.3 is 0 Å². The van der Waals surface area contributed by atoms with E-state index in [9.17, 15) is 4.79 Å². The van der Waals surface area contributed by atoms with Crippen LogP contribution in [0.1, 0.15) is 6.92 Å². The summed E-state index contributed by atoms with van der Waals surface area (Å²) in [6, 6.07) is 10.8. The van der Waals surface area contributed by atoms with E-state index in [0.717, 1.165) is 10.2 Å². The summed E-state index contributed by atoms with van der Waals surface area (Å²) in [6.07, 6.45) is 0. The number of amides is 1. The lowest BCUT2D eigenvalue weighted by Gasteiger charge is -2.07. The molecule has 1 aromatic heterocycles. The molecule has 0 unspecified atom stereocenters. The van der Waals surface area contributed by atoms with Crippen molar-refractivity contribution in [3.05, 3.63) is 45.9 Å². The number of thiazole rings is 1. The van der Waals surface area contributed by atoms with Gasteiger partial charge in [-0.1, -0.05) is 29.0 Å². The topological polar surface area (TPSA) is 60.5 Å². The molecule has 5 nitrogen and oxygen atoms in total. The number of anilines is 1. The molecule has 0 radical (unpaired) electrons. The first-order valence-corrected chi connectivity index (χ1v) is 9.45. The molecule has 0 spiro atoms. The van der Waals surface area contributed by atoms with Gasteiger partial charge in [0.1, 0.15) is 17.0 Å². The number of rotatable bonds is 6. The predicted molar refractivity (Wildman–Crippen MR) is 104 cm³/mol. The Morgan fingerprint density at radius 2 is 2.12 bits per heavy atom. The number of aromatic nitrogens is 1. The molecule has 0 saturated heterocycles. The van der Waals surface area contributed by atoms with E-state index in [-0.39, 0.29) is 12.5 Å². The van der Waals surface area contributed by atoms with Gasteiger partial charge in [-0.3, -0.25) is 10.1 Å². The van der Waals surface area contributed by atoms with E-state index in [1.807, 2.05) is 25.1 Å². The van der Waals surface area contributed by atoms with Gasteiger partial charge in [0, 0.05) is 5.02 Å². The highest BCUT2D eigenvalue weighted by molar-refractivity contribution is 9.10. The summed E-state index contributed by atoms with van der Waals surface area (Å²) in [5.41, 5.74) is 0.742. The smallest absolute Gasteiger partial charge is 0.264 e. The highest BCUT2D eigenvalue weighted by atomic mass is 79.9. The SMILES string of the molecule is CCOc1cccc2sc(NC(=O)COc3ccc(Cl)cc3Br)nc12. The maximum atomic E-state index is 12.1. The molecule has 130 valence electrons. The Labute approximate surface area is 162 Å². The average Bonchev–Trinajstić information content (AvgIpc) is 2.97. The van der Waals surface area contributed by atoms with E-state index < -0.39 is 0 Å². The molecule has 3 rings (SSSR count). The first-order chi connectivity index (χ1) is 12.1. The number of para-hydroxylation sites is 1. The molecule has 1 N–H and O–H groups in total. The summed E-state index contributed by atoms with van der Waals surface area (Å²) in [4.78, 5) is 16.5. The number of carbonyl (C=O) groups excluding carboxylic acids is 1. The average molecular weight is 442 g/mol. The molecule has 0 fully saturated rings. The molecule has 0 aliphatic carbocycles. The van der Waals surface area contributed by atoms with Gasteiger partial charge in [-0.05, 0) is 53.2 Å². The zero-order valence-corrected chi connectivity index (χ0v) is 16.4. The third-order valence-corrected chi connectivity index (χ3v) is 4.97. The molecule has 0 bridgehead atoms. The van der Waals surface area contributed by atoms with Crippen molar-refractivity contribution in [2.75, 3.05) is 18.5 Å². The zero-order valence-electron chi connectivity index (χ0n) is 13.2. The predicted octanol–water partition coefficient (Wildman–Crippen LogP) is 5.13. The van der Waals surface area contributed by atoms with Crippen LogP contribution in [0.25, 0.3) is 10.2 Å². The molecule has 0 atom stereocenters. The molecule has 1 amide bonds. The lowest BCUT2D eigenvalue weighted by atomic mass is 10.3. The van der Waals surface area contributed by atoms with Gasteiger partial charge in [-0.25, -0.2) is 4.98 Å². The Balaban J connectivity index is 1.66. The summed E-state index contributed by atoms with van der Waals surface area (Å²) < 4.78 is 12.7. The second-order valence-corrected chi connectivity index (χ2v) is 7.29. The molecule has 1 heterocycles. The van der Waals surface area contributed by atoms with E-state index in [1.165, 1.54) is 11.3 Å². The van der Waals surface area contributed by atoms with E-state index in [4.69, 9.17) is 21.1 Å². The fourth-order valence-electron chi connectivity index (χ4n) is 2.14. The fraction of sp³-hybridized carbons (Fsp3) is 0.176. The van der Waals surface area contributed by atoms with Crippen LogP contribution in [0.3, 0.4) is 0 Å². The van der Waals surface area contributed by atoms with Crippen LogP contribution in [0.15, 0.2) is 40.9 Å². The van der Waals surface area contributed by atoms with Crippen LogP contribution in [0.4, 0.5) is 5.13 Å². The standard InChI is InChI=1S/C17H14BrClN2O3S/c1-2-23-13-4-3-5-14-16(13)21-17(25-14)20-15(22)9-24-12-7-6-10(19)8-11(12)18/h3-8H,2,9H2,1H3,(H,20,21,22). The number of nitrogens with one attached hydrogen (secondary N) is 1. The molecule has 25 heavy (non-hydrogen) atoms. The van der Waals surface area contributed by atoms with Gasteiger partial charge in [0.25, 0.3) is 5.91 Å². The number of hydrogen-bond acceptors (Lipinski definition) is 5. The van der Waals surface area contributed by atoms with Gasteiger partial charge in [0.05, 0.1) is 15.8 Å². The maximum Gasteiger partial charge on any atom is 0.264 e. The summed E-state index contributed by atoms with van der Waals surface area (Å²) in [7, 11) is 0. The monoisotopic (exact) mass is 440 g/mol. The third kappa shape index (κ3) is 4.42. The normalized spacial score (nSPS) is 10.7. The zero-order chi connectivity index (χ0) is 17.8. The first kappa shape index (κ1) is 18.0. The minimum Gasteiger partial charge on any atom is -0.492 e. The Hall–Kier alpha value is -1.83. The van der Waals surface area contributed by atoms with Crippen LogP contribution in [-0.2, 0) is 4.79 Å². The Morgan fingerprint density at radius 1 is 1.28 bits per heavy atom. The minimum absolute atomic E-state index is 0.130. The Bertz CT molecular complexity index is 916. The number of hydrogen-bond donors (Lipinski definition) is 1. The second-order valence-electron chi connectivity index (χ2n) is 4.97.